The van der Waals surface area contributed by atoms with E-state index in [0.29, 0.717) is 18.4 Å². The van der Waals surface area contributed by atoms with E-state index in [9.17, 15) is 5.11 Å². The molecular formula is C9H16ClN5O. The lowest BCUT2D eigenvalue weighted by Gasteiger charge is -2.15. The van der Waals surface area contributed by atoms with E-state index in [2.05, 4.69) is 25.6 Å². The summed E-state index contributed by atoms with van der Waals surface area (Å²) >= 11 is 5.70. The van der Waals surface area contributed by atoms with Gasteiger partial charge in [-0.1, -0.05) is 13.8 Å². The minimum atomic E-state index is -0.450. The minimum Gasteiger partial charge on any atom is -0.391 e. The van der Waals surface area contributed by atoms with Crippen molar-refractivity contribution in [3.63, 3.8) is 0 Å². The summed E-state index contributed by atoms with van der Waals surface area (Å²) in [6, 6.07) is 0. The van der Waals surface area contributed by atoms with Crippen LogP contribution in [0.2, 0.25) is 5.28 Å². The van der Waals surface area contributed by atoms with Crippen LogP contribution in [-0.2, 0) is 0 Å². The maximum atomic E-state index is 9.60. The molecule has 0 spiro atoms. The van der Waals surface area contributed by atoms with Gasteiger partial charge in [-0.2, -0.15) is 15.0 Å². The van der Waals surface area contributed by atoms with Gasteiger partial charge < -0.3 is 15.7 Å². The zero-order valence-corrected chi connectivity index (χ0v) is 10.3. The van der Waals surface area contributed by atoms with E-state index in [0.717, 1.165) is 0 Å². The summed E-state index contributed by atoms with van der Waals surface area (Å²) < 4.78 is 0. The molecule has 0 amide bonds. The molecule has 1 rings (SSSR count). The highest BCUT2D eigenvalue weighted by atomic mass is 35.5. The van der Waals surface area contributed by atoms with E-state index < -0.39 is 6.10 Å². The Kier molecular flexibility index (Phi) is 4.70. The summed E-state index contributed by atoms with van der Waals surface area (Å²) in [6.07, 6.45) is -0.450. The smallest absolute Gasteiger partial charge is 0.228 e. The molecule has 0 aliphatic carbocycles. The Bertz CT molecular complexity index is 347. The third-order valence-electron chi connectivity index (χ3n) is 2.07. The van der Waals surface area contributed by atoms with Crippen molar-refractivity contribution < 1.29 is 5.11 Å². The van der Waals surface area contributed by atoms with Gasteiger partial charge >= 0.3 is 0 Å². The number of nitrogens with one attached hydrogen (secondary N) is 2. The number of halogens is 1. The average molecular weight is 246 g/mol. The number of aromatic nitrogens is 3. The fourth-order valence-electron chi connectivity index (χ4n) is 0.973. The lowest BCUT2D eigenvalue weighted by molar-refractivity contribution is 0.137. The Balaban J connectivity index is 2.63. The number of aliphatic hydroxyl groups is 1. The second kappa shape index (κ2) is 5.81. The minimum absolute atomic E-state index is 0.112. The summed E-state index contributed by atoms with van der Waals surface area (Å²) in [6.45, 7) is 4.25. The molecule has 0 aliphatic heterocycles. The molecule has 1 unspecified atom stereocenters. The van der Waals surface area contributed by atoms with E-state index in [4.69, 9.17) is 11.6 Å². The topological polar surface area (TPSA) is 83.0 Å². The third-order valence-corrected chi connectivity index (χ3v) is 2.24. The van der Waals surface area contributed by atoms with Crippen LogP contribution in [0, 0.1) is 5.92 Å². The Hall–Kier alpha value is -1.14. The molecule has 90 valence electrons. The van der Waals surface area contributed by atoms with Crippen molar-refractivity contribution in [2.24, 2.45) is 5.92 Å². The van der Waals surface area contributed by atoms with Gasteiger partial charge in [-0.25, -0.2) is 0 Å². The predicted molar refractivity (Wildman–Crippen MR) is 63.7 cm³/mol. The van der Waals surface area contributed by atoms with Gasteiger partial charge in [-0.15, -0.1) is 0 Å². The molecule has 0 saturated carbocycles. The first-order valence-corrected chi connectivity index (χ1v) is 5.42. The standard InChI is InChI=1S/C9H16ClN5O/c1-5(2)6(16)4-12-9-14-7(10)13-8(11-3)15-9/h5-6,16H,4H2,1-3H3,(H2,11,12,13,14,15). The molecule has 1 aromatic heterocycles. The quantitative estimate of drug-likeness (QED) is 0.718. The van der Waals surface area contributed by atoms with Crippen molar-refractivity contribution in [1.82, 2.24) is 15.0 Å². The second-order valence-corrected chi connectivity index (χ2v) is 4.03. The van der Waals surface area contributed by atoms with E-state index >= 15 is 0 Å². The normalized spacial score (nSPS) is 12.6. The zero-order valence-electron chi connectivity index (χ0n) is 9.53. The van der Waals surface area contributed by atoms with Crippen molar-refractivity contribution in [2.75, 3.05) is 24.2 Å². The van der Waals surface area contributed by atoms with Gasteiger partial charge in [0.1, 0.15) is 0 Å². The van der Waals surface area contributed by atoms with Crippen molar-refractivity contribution in [3.8, 4) is 0 Å². The number of aliphatic hydroxyl groups excluding tert-OH is 1. The first kappa shape index (κ1) is 12.9. The van der Waals surface area contributed by atoms with Crippen LogP contribution in [0.5, 0.6) is 0 Å². The number of hydrogen-bond acceptors (Lipinski definition) is 6. The monoisotopic (exact) mass is 245 g/mol. The number of hydrogen-bond donors (Lipinski definition) is 3. The van der Waals surface area contributed by atoms with Gasteiger partial charge in [-0.05, 0) is 17.5 Å². The van der Waals surface area contributed by atoms with E-state index in [1.807, 2.05) is 13.8 Å². The van der Waals surface area contributed by atoms with Gasteiger partial charge in [0.25, 0.3) is 0 Å². The Labute approximate surface area is 99.5 Å². The number of anilines is 2. The van der Waals surface area contributed by atoms with Gasteiger partial charge in [-0.3, -0.25) is 0 Å². The van der Waals surface area contributed by atoms with Crippen molar-refractivity contribution >= 4 is 23.5 Å². The molecule has 1 aromatic rings. The molecule has 1 atom stereocenters. The fourth-order valence-corrected chi connectivity index (χ4v) is 1.13. The molecule has 0 fully saturated rings. The van der Waals surface area contributed by atoms with Crippen LogP contribution in [0.4, 0.5) is 11.9 Å². The van der Waals surface area contributed by atoms with E-state index in [1.54, 1.807) is 7.05 Å². The SMILES string of the molecule is CNc1nc(Cl)nc(NCC(O)C(C)C)n1. The second-order valence-electron chi connectivity index (χ2n) is 3.69. The van der Waals surface area contributed by atoms with E-state index in [-0.39, 0.29) is 11.2 Å². The van der Waals surface area contributed by atoms with E-state index in [1.165, 1.54) is 0 Å². The van der Waals surface area contributed by atoms with Crippen molar-refractivity contribution in [2.45, 2.75) is 20.0 Å². The van der Waals surface area contributed by atoms with Gasteiger partial charge in [0, 0.05) is 13.6 Å². The van der Waals surface area contributed by atoms with Crippen LogP contribution in [0.15, 0.2) is 0 Å². The fraction of sp³-hybridized carbons (Fsp3) is 0.667. The molecular weight excluding hydrogens is 230 g/mol. The first-order chi connectivity index (χ1) is 7.52. The predicted octanol–water partition coefficient (Wildman–Crippen LogP) is 0.995. The van der Waals surface area contributed by atoms with Gasteiger partial charge in [0.2, 0.25) is 17.2 Å². The van der Waals surface area contributed by atoms with Crippen LogP contribution in [-0.4, -0.2) is 39.8 Å². The summed E-state index contributed by atoms with van der Waals surface area (Å²) in [5.74, 6) is 0.916. The Morgan fingerprint density at radius 1 is 1.25 bits per heavy atom. The van der Waals surface area contributed by atoms with Gasteiger partial charge in [0.05, 0.1) is 6.10 Å². The molecule has 16 heavy (non-hydrogen) atoms. The molecule has 0 saturated heterocycles. The summed E-state index contributed by atoms with van der Waals surface area (Å²) in [4.78, 5) is 11.8. The average Bonchev–Trinajstić information content (AvgIpc) is 2.24. The molecule has 0 aliphatic rings. The summed E-state index contributed by atoms with van der Waals surface area (Å²) in [7, 11) is 1.69. The van der Waals surface area contributed by atoms with Crippen LogP contribution in [0.25, 0.3) is 0 Å². The molecule has 1 heterocycles. The highest BCUT2D eigenvalue weighted by molar-refractivity contribution is 6.28. The van der Waals surface area contributed by atoms with Crippen LogP contribution in [0.3, 0.4) is 0 Å². The first-order valence-electron chi connectivity index (χ1n) is 5.04. The lowest BCUT2D eigenvalue weighted by atomic mass is 10.1. The molecule has 7 heteroatoms. The highest BCUT2D eigenvalue weighted by Gasteiger charge is 2.10. The van der Waals surface area contributed by atoms with Crippen LogP contribution >= 0.6 is 11.6 Å². The Morgan fingerprint density at radius 3 is 2.44 bits per heavy atom. The van der Waals surface area contributed by atoms with Gasteiger partial charge in [0.15, 0.2) is 0 Å². The molecule has 6 nitrogen and oxygen atoms in total. The highest BCUT2D eigenvalue weighted by Crippen LogP contribution is 2.09. The maximum absolute atomic E-state index is 9.60. The zero-order chi connectivity index (χ0) is 12.1. The van der Waals surface area contributed by atoms with Crippen molar-refractivity contribution in [3.05, 3.63) is 5.28 Å². The van der Waals surface area contributed by atoms with Crippen molar-refractivity contribution in [1.29, 1.82) is 0 Å². The van der Waals surface area contributed by atoms with Crippen LogP contribution < -0.4 is 10.6 Å². The maximum Gasteiger partial charge on any atom is 0.228 e. The third kappa shape index (κ3) is 3.79. The number of nitrogens with zero attached hydrogens (tertiary/aromatic N) is 3. The molecule has 0 radical (unpaired) electrons. The van der Waals surface area contributed by atoms with Crippen LogP contribution in [0.1, 0.15) is 13.8 Å². The summed E-state index contributed by atoms with van der Waals surface area (Å²) in [5.41, 5.74) is 0. The Morgan fingerprint density at radius 2 is 1.88 bits per heavy atom. The molecule has 0 aromatic carbocycles. The largest absolute Gasteiger partial charge is 0.391 e. The molecule has 3 N–H and O–H groups in total. The number of rotatable bonds is 5. The molecule has 0 bridgehead atoms. The summed E-state index contributed by atoms with van der Waals surface area (Å²) in [5, 5.41) is 15.4. The lowest BCUT2D eigenvalue weighted by Crippen LogP contribution is -2.25.